The molecule has 28 heavy (non-hydrogen) atoms. The number of nitrogens with zero attached hydrogens (tertiary/aromatic N) is 2. The quantitative estimate of drug-likeness (QED) is 0.643. The van der Waals surface area contributed by atoms with Crippen molar-refractivity contribution in [1.82, 2.24) is 15.1 Å². The van der Waals surface area contributed by atoms with Crippen LogP contribution in [-0.4, -0.2) is 33.8 Å². The molecule has 1 fully saturated rings. The van der Waals surface area contributed by atoms with Gasteiger partial charge in [-0.3, -0.25) is 9.48 Å². The highest BCUT2D eigenvalue weighted by atomic mass is 32.1. The minimum atomic E-state index is -0.838. The topological polar surface area (TPSA) is 73.2 Å². The van der Waals surface area contributed by atoms with Crippen molar-refractivity contribution in [3.05, 3.63) is 52.3 Å². The molecule has 1 aliphatic carbocycles. The highest BCUT2D eigenvalue weighted by Crippen LogP contribution is 2.29. The summed E-state index contributed by atoms with van der Waals surface area (Å²) in [6.07, 6.45) is 1.12. The number of fused-ring (bicyclic) bond motifs is 1. The van der Waals surface area contributed by atoms with Crippen LogP contribution >= 0.6 is 11.3 Å². The molecular formula is C20H20FN3O3S. The first kappa shape index (κ1) is 18.6. The molecule has 2 aromatic heterocycles. The number of nitrogens with one attached hydrogen (secondary N) is 1. The Hall–Kier alpha value is -2.74. The van der Waals surface area contributed by atoms with Crippen LogP contribution in [0.15, 0.2) is 30.3 Å². The summed E-state index contributed by atoms with van der Waals surface area (Å²) in [5.74, 6) is -1.07. The molecule has 1 aliphatic rings. The minimum Gasteiger partial charge on any atom is -0.448 e. The van der Waals surface area contributed by atoms with Crippen LogP contribution in [0.2, 0.25) is 0 Å². The molecule has 1 atom stereocenters. The third-order valence-electron chi connectivity index (χ3n) is 4.63. The molecule has 4 rings (SSSR count). The van der Waals surface area contributed by atoms with E-state index in [-0.39, 0.29) is 17.8 Å². The molecule has 0 radical (unpaired) electrons. The lowest BCUT2D eigenvalue weighted by molar-refractivity contribution is -0.129. The molecule has 3 aromatic rings. The zero-order chi connectivity index (χ0) is 19.8. The molecule has 1 N–H and O–H groups in total. The summed E-state index contributed by atoms with van der Waals surface area (Å²) < 4.78 is 20.2. The number of ether oxygens (including phenoxy) is 1. The van der Waals surface area contributed by atoms with E-state index >= 15 is 0 Å². The van der Waals surface area contributed by atoms with Crippen molar-refractivity contribution in [2.45, 2.75) is 45.4 Å². The first-order valence-electron chi connectivity index (χ1n) is 9.13. The normalized spacial score (nSPS) is 14.8. The highest BCUT2D eigenvalue weighted by Gasteiger charge is 2.28. The Morgan fingerprint density at radius 3 is 2.75 bits per heavy atom. The van der Waals surface area contributed by atoms with Gasteiger partial charge in [-0.15, -0.1) is 11.3 Å². The lowest BCUT2D eigenvalue weighted by Crippen LogP contribution is -2.36. The van der Waals surface area contributed by atoms with Crippen molar-refractivity contribution in [1.29, 1.82) is 0 Å². The fraction of sp³-hybridized carbons (Fsp3) is 0.350. The third-order valence-corrected chi connectivity index (χ3v) is 5.76. The number of hydrogen-bond acceptors (Lipinski definition) is 5. The van der Waals surface area contributed by atoms with Crippen LogP contribution in [0.3, 0.4) is 0 Å². The standard InChI is InChI=1S/C20H20FN3O3S/c1-11-16-9-17(20(26)27-12(2)18(25)22-15-7-8-15)28-19(16)24(23-11)10-13-3-5-14(21)6-4-13/h3-6,9,12,15H,7-8,10H2,1-2H3,(H,22,25)/t12-/m1/s1. The van der Waals surface area contributed by atoms with Crippen molar-refractivity contribution < 1.29 is 18.7 Å². The number of halogens is 1. The molecule has 8 heteroatoms. The fourth-order valence-corrected chi connectivity index (χ4v) is 3.95. The molecule has 2 heterocycles. The van der Waals surface area contributed by atoms with Gasteiger partial charge in [0.25, 0.3) is 5.91 Å². The Morgan fingerprint density at radius 2 is 2.07 bits per heavy atom. The smallest absolute Gasteiger partial charge is 0.349 e. The Labute approximate surface area is 165 Å². The Bertz CT molecular complexity index is 1040. The van der Waals surface area contributed by atoms with E-state index in [4.69, 9.17) is 4.74 Å². The molecule has 0 saturated heterocycles. The number of carbonyl (C=O) groups excluding carboxylic acids is 2. The molecule has 0 bridgehead atoms. The Kier molecular flexibility index (Phi) is 4.89. The number of benzene rings is 1. The second-order valence-electron chi connectivity index (χ2n) is 7.03. The van der Waals surface area contributed by atoms with Gasteiger partial charge in [0, 0.05) is 11.4 Å². The van der Waals surface area contributed by atoms with Crippen LogP contribution in [0.1, 0.15) is 40.7 Å². The van der Waals surface area contributed by atoms with Gasteiger partial charge in [-0.25, -0.2) is 9.18 Å². The average molecular weight is 401 g/mol. The molecule has 6 nitrogen and oxygen atoms in total. The Balaban J connectivity index is 1.51. The van der Waals surface area contributed by atoms with Gasteiger partial charge < -0.3 is 10.1 Å². The molecule has 0 unspecified atom stereocenters. The average Bonchev–Trinajstić information content (AvgIpc) is 3.27. The van der Waals surface area contributed by atoms with E-state index in [1.807, 2.05) is 6.92 Å². The number of esters is 1. The first-order valence-corrected chi connectivity index (χ1v) is 9.95. The van der Waals surface area contributed by atoms with Crippen LogP contribution in [0, 0.1) is 12.7 Å². The van der Waals surface area contributed by atoms with E-state index in [1.54, 1.807) is 29.8 Å². The van der Waals surface area contributed by atoms with Crippen LogP contribution in [0.5, 0.6) is 0 Å². The summed E-state index contributed by atoms with van der Waals surface area (Å²) in [7, 11) is 0. The number of carbonyl (C=O) groups is 2. The van der Waals surface area contributed by atoms with Crippen molar-refractivity contribution in [3.63, 3.8) is 0 Å². The second kappa shape index (κ2) is 7.35. The van der Waals surface area contributed by atoms with E-state index in [0.29, 0.717) is 11.4 Å². The van der Waals surface area contributed by atoms with Gasteiger partial charge in [0.15, 0.2) is 6.10 Å². The second-order valence-corrected chi connectivity index (χ2v) is 8.06. The van der Waals surface area contributed by atoms with Crippen LogP contribution in [0.4, 0.5) is 4.39 Å². The van der Waals surface area contributed by atoms with E-state index in [2.05, 4.69) is 10.4 Å². The van der Waals surface area contributed by atoms with Crippen LogP contribution in [-0.2, 0) is 16.1 Å². The number of hydrogen-bond donors (Lipinski definition) is 1. The molecule has 1 aromatic carbocycles. The fourth-order valence-electron chi connectivity index (χ4n) is 2.90. The predicted molar refractivity (Wildman–Crippen MR) is 104 cm³/mol. The molecule has 0 spiro atoms. The van der Waals surface area contributed by atoms with Gasteiger partial charge in [0.1, 0.15) is 15.5 Å². The maximum Gasteiger partial charge on any atom is 0.349 e. The summed E-state index contributed by atoms with van der Waals surface area (Å²) in [5.41, 5.74) is 1.71. The summed E-state index contributed by atoms with van der Waals surface area (Å²) in [6, 6.07) is 8.21. The largest absolute Gasteiger partial charge is 0.448 e. The monoisotopic (exact) mass is 401 g/mol. The molecule has 1 amide bonds. The van der Waals surface area contributed by atoms with E-state index in [0.717, 1.165) is 34.3 Å². The summed E-state index contributed by atoms with van der Waals surface area (Å²) in [6.45, 7) is 3.92. The Morgan fingerprint density at radius 1 is 1.36 bits per heavy atom. The van der Waals surface area contributed by atoms with Crippen molar-refractivity contribution in [2.24, 2.45) is 0 Å². The van der Waals surface area contributed by atoms with Gasteiger partial charge >= 0.3 is 5.97 Å². The predicted octanol–water partition coefficient (Wildman–Crippen LogP) is 3.42. The van der Waals surface area contributed by atoms with E-state index in [1.165, 1.54) is 23.5 Å². The number of thiophene rings is 1. The maximum atomic E-state index is 13.1. The highest BCUT2D eigenvalue weighted by molar-refractivity contribution is 7.20. The van der Waals surface area contributed by atoms with Gasteiger partial charge in [-0.05, 0) is 50.5 Å². The number of amides is 1. The van der Waals surface area contributed by atoms with Gasteiger partial charge in [0.05, 0.1) is 12.2 Å². The zero-order valence-corrected chi connectivity index (χ0v) is 16.4. The van der Waals surface area contributed by atoms with Crippen LogP contribution in [0.25, 0.3) is 10.2 Å². The summed E-state index contributed by atoms with van der Waals surface area (Å²) in [4.78, 5) is 25.7. The first-order chi connectivity index (χ1) is 13.4. The van der Waals surface area contributed by atoms with Gasteiger partial charge in [-0.1, -0.05) is 12.1 Å². The molecule has 1 saturated carbocycles. The van der Waals surface area contributed by atoms with Gasteiger partial charge in [0.2, 0.25) is 0 Å². The third kappa shape index (κ3) is 3.91. The molecule has 0 aliphatic heterocycles. The van der Waals surface area contributed by atoms with Crippen molar-refractivity contribution in [2.75, 3.05) is 0 Å². The minimum absolute atomic E-state index is 0.220. The summed E-state index contributed by atoms with van der Waals surface area (Å²) >= 11 is 1.28. The molecular weight excluding hydrogens is 381 g/mol. The maximum absolute atomic E-state index is 13.1. The number of aryl methyl sites for hydroxylation is 1. The number of rotatable bonds is 6. The van der Waals surface area contributed by atoms with E-state index < -0.39 is 12.1 Å². The summed E-state index contributed by atoms with van der Waals surface area (Å²) in [5, 5.41) is 8.21. The van der Waals surface area contributed by atoms with Crippen molar-refractivity contribution in [3.8, 4) is 0 Å². The van der Waals surface area contributed by atoms with Crippen molar-refractivity contribution >= 4 is 33.4 Å². The van der Waals surface area contributed by atoms with Gasteiger partial charge in [-0.2, -0.15) is 5.10 Å². The van der Waals surface area contributed by atoms with Crippen LogP contribution < -0.4 is 5.32 Å². The number of aromatic nitrogens is 2. The lowest BCUT2D eigenvalue weighted by atomic mass is 10.2. The van der Waals surface area contributed by atoms with E-state index in [9.17, 15) is 14.0 Å². The lowest BCUT2D eigenvalue weighted by Gasteiger charge is -2.12. The SMILES string of the molecule is Cc1nn(Cc2ccc(F)cc2)c2sc(C(=O)O[C@H](C)C(=O)NC3CC3)cc12. The zero-order valence-electron chi connectivity index (χ0n) is 15.6. The molecule has 146 valence electrons.